The molecule has 1 aliphatic heterocycles. The van der Waals surface area contributed by atoms with Crippen LogP contribution in [0.4, 0.5) is 5.69 Å². The molecule has 0 unspecified atom stereocenters. The summed E-state index contributed by atoms with van der Waals surface area (Å²) in [6.45, 7) is 0. The number of nitro benzene ring substituents is 1. The third kappa shape index (κ3) is 1.97. The van der Waals surface area contributed by atoms with E-state index in [4.69, 9.17) is 4.74 Å². The van der Waals surface area contributed by atoms with Gasteiger partial charge in [0.1, 0.15) is 5.75 Å². The van der Waals surface area contributed by atoms with E-state index < -0.39 is 11.2 Å². The Balaban J connectivity index is 2.02. The minimum absolute atomic E-state index is 0.0859. The first-order chi connectivity index (χ1) is 9.66. The van der Waals surface area contributed by atoms with Gasteiger partial charge in [0.15, 0.2) is 0 Å². The Hall–Kier alpha value is -2.89. The summed E-state index contributed by atoms with van der Waals surface area (Å²) >= 11 is 0. The molecule has 2 aromatic rings. The van der Waals surface area contributed by atoms with Crippen LogP contribution in [0.1, 0.15) is 22.1 Å². The average molecular weight is 270 g/mol. The number of nitrogens with zero attached hydrogens (tertiary/aromatic N) is 1. The number of para-hydroxylation sites is 2. The molecule has 100 valence electrons. The highest BCUT2D eigenvalue weighted by Gasteiger charge is 2.30. The van der Waals surface area contributed by atoms with E-state index in [1.165, 1.54) is 6.07 Å². The fraction of sp³-hybridized carbons (Fsp3) is 0.0714. The number of ether oxygens (including phenoxy) is 1. The summed E-state index contributed by atoms with van der Waals surface area (Å²) in [4.78, 5) is 22.5. The van der Waals surface area contributed by atoms with Gasteiger partial charge in [-0.15, -0.1) is 0 Å². The second-order valence-corrected chi connectivity index (χ2v) is 4.28. The number of fused-ring (bicyclic) bond motifs is 1. The Morgan fingerprint density at radius 3 is 2.60 bits per heavy atom. The molecule has 0 spiro atoms. The molecule has 1 aliphatic rings. The highest BCUT2D eigenvalue weighted by atomic mass is 16.6. The monoisotopic (exact) mass is 270 g/mol. The van der Waals surface area contributed by atoms with Gasteiger partial charge in [-0.3, -0.25) is 14.9 Å². The van der Waals surface area contributed by atoms with Gasteiger partial charge >= 0.3 is 0 Å². The van der Waals surface area contributed by atoms with Crippen molar-refractivity contribution in [3.63, 3.8) is 0 Å². The van der Waals surface area contributed by atoms with Gasteiger partial charge in [-0.05, 0) is 18.2 Å². The number of nitro groups is 1. The number of hydrogen-bond acceptors (Lipinski definition) is 4. The van der Waals surface area contributed by atoms with Crippen molar-refractivity contribution < 1.29 is 14.5 Å². The Labute approximate surface area is 114 Å². The molecule has 0 bridgehead atoms. The highest BCUT2D eigenvalue weighted by molar-refractivity contribution is 5.98. The van der Waals surface area contributed by atoms with Crippen LogP contribution in [-0.4, -0.2) is 10.8 Å². The molecule has 0 fully saturated rings. The number of carbonyl (C=O) groups excluding carboxylic acids is 1. The molecular formula is C14H10N2O4. The maximum atomic E-state index is 12.0. The normalized spacial score (nSPS) is 16.8. The van der Waals surface area contributed by atoms with Gasteiger partial charge in [0.25, 0.3) is 11.6 Å². The van der Waals surface area contributed by atoms with Crippen LogP contribution in [0.2, 0.25) is 0 Å². The van der Waals surface area contributed by atoms with Gasteiger partial charge in [-0.1, -0.05) is 24.3 Å². The van der Waals surface area contributed by atoms with Crippen molar-refractivity contribution in [3.05, 3.63) is 69.8 Å². The molecule has 3 rings (SSSR count). The first-order valence-corrected chi connectivity index (χ1v) is 5.96. The molecule has 6 heteroatoms. The zero-order valence-electron chi connectivity index (χ0n) is 10.3. The van der Waals surface area contributed by atoms with Crippen molar-refractivity contribution in [1.82, 2.24) is 5.32 Å². The van der Waals surface area contributed by atoms with Crippen LogP contribution < -0.4 is 10.1 Å². The maximum Gasteiger partial charge on any atom is 0.278 e. The number of rotatable bonds is 2. The van der Waals surface area contributed by atoms with E-state index in [1.54, 1.807) is 42.5 Å². The molecule has 0 saturated heterocycles. The maximum absolute atomic E-state index is 12.0. The molecule has 1 heterocycles. The SMILES string of the molecule is O=C1N[C@H](c2ccccc2[N+](=O)[O-])Oc2ccccc21. The van der Waals surface area contributed by atoms with Crippen molar-refractivity contribution in [1.29, 1.82) is 0 Å². The minimum atomic E-state index is -0.862. The Morgan fingerprint density at radius 2 is 1.80 bits per heavy atom. The molecule has 2 aromatic carbocycles. The summed E-state index contributed by atoms with van der Waals surface area (Å²) in [5, 5.41) is 13.6. The van der Waals surface area contributed by atoms with Crippen LogP contribution >= 0.6 is 0 Å². The van der Waals surface area contributed by atoms with Gasteiger partial charge < -0.3 is 10.1 Å². The lowest BCUT2D eigenvalue weighted by atomic mass is 10.1. The van der Waals surface area contributed by atoms with Crippen molar-refractivity contribution in [2.75, 3.05) is 0 Å². The molecular weight excluding hydrogens is 260 g/mol. The van der Waals surface area contributed by atoms with E-state index >= 15 is 0 Å². The summed E-state index contributed by atoms with van der Waals surface area (Å²) in [6, 6.07) is 13.0. The second kappa shape index (κ2) is 4.65. The number of hydrogen-bond donors (Lipinski definition) is 1. The molecule has 1 atom stereocenters. The lowest BCUT2D eigenvalue weighted by Gasteiger charge is -2.26. The topological polar surface area (TPSA) is 81.5 Å². The molecule has 1 N–H and O–H groups in total. The van der Waals surface area contributed by atoms with Gasteiger partial charge in [-0.2, -0.15) is 0 Å². The van der Waals surface area contributed by atoms with Crippen molar-refractivity contribution >= 4 is 11.6 Å². The lowest BCUT2D eigenvalue weighted by molar-refractivity contribution is -0.386. The summed E-state index contributed by atoms with van der Waals surface area (Å²) in [7, 11) is 0. The largest absolute Gasteiger partial charge is 0.465 e. The van der Waals surface area contributed by atoms with Crippen molar-refractivity contribution in [2.24, 2.45) is 0 Å². The first kappa shape index (κ1) is 12.2. The zero-order chi connectivity index (χ0) is 14.1. The number of benzene rings is 2. The Morgan fingerprint density at radius 1 is 1.10 bits per heavy atom. The predicted molar refractivity (Wildman–Crippen MR) is 70.4 cm³/mol. The van der Waals surface area contributed by atoms with Gasteiger partial charge in [-0.25, -0.2) is 0 Å². The van der Waals surface area contributed by atoms with Crippen LogP contribution in [0.5, 0.6) is 5.75 Å². The van der Waals surface area contributed by atoms with Crippen LogP contribution in [-0.2, 0) is 0 Å². The summed E-state index contributed by atoms with van der Waals surface area (Å²) < 4.78 is 5.64. The minimum Gasteiger partial charge on any atom is -0.465 e. The fourth-order valence-corrected chi connectivity index (χ4v) is 2.13. The van der Waals surface area contributed by atoms with Crippen LogP contribution in [0.3, 0.4) is 0 Å². The number of carbonyl (C=O) groups is 1. The fourth-order valence-electron chi connectivity index (χ4n) is 2.13. The summed E-state index contributed by atoms with van der Waals surface area (Å²) in [5.74, 6) is 0.106. The van der Waals surface area contributed by atoms with Crippen LogP contribution in [0.15, 0.2) is 48.5 Å². The molecule has 0 aromatic heterocycles. The average Bonchev–Trinajstić information content (AvgIpc) is 2.47. The van der Waals surface area contributed by atoms with E-state index in [0.717, 1.165) is 0 Å². The van der Waals surface area contributed by atoms with E-state index in [1.807, 2.05) is 0 Å². The summed E-state index contributed by atoms with van der Waals surface area (Å²) in [5.41, 5.74) is 0.653. The number of nitrogens with one attached hydrogen (secondary N) is 1. The quantitative estimate of drug-likeness (QED) is 0.671. The molecule has 20 heavy (non-hydrogen) atoms. The molecule has 0 aliphatic carbocycles. The van der Waals surface area contributed by atoms with E-state index in [9.17, 15) is 14.9 Å². The third-order valence-corrected chi connectivity index (χ3v) is 3.05. The standard InChI is InChI=1S/C14H10N2O4/c17-13-10-6-2-4-8-12(10)20-14(15-13)9-5-1-3-7-11(9)16(18)19/h1-8,14H,(H,15,17)/t14-/m0/s1. The van der Waals surface area contributed by atoms with Crippen molar-refractivity contribution in [3.8, 4) is 5.75 Å². The first-order valence-electron chi connectivity index (χ1n) is 5.96. The smallest absolute Gasteiger partial charge is 0.278 e. The van der Waals surface area contributed by atoms with Crippen molar-refractivity contribution in [2.45, 2.75) is 6.23 Å². The van der Waals surface area contributed by atoms with E-state index in [2.05, 4.69) is 5.32 Å². The van der Waals surface area contributed by atoms with E-state index in [-0.39, 0.29) is 11.6 Å². The van der Waals surface area contributed by atoms with Crippen LogP contribution in [0.25, 0.3) is 0 Å². The molecule has 0 saturated carbocycles. The second-order valence-electron chi connectivity index (χ2n) is 4.28. The Kier molecular flexibility index (Phi) is 2.83. The van der Waals surface area contributed by atoms with Gasteiger partial charge in [0.05, 0.1) is 16.1 Å². The predicted octanol–water partition coefficient (Wildman–Crippen LogP) is 2.42. The summed E-state index contributed by atoms with van der Waals surface area (Å²) in [6.07, 6.45) is -0.862. The Bertz CT molecular complexity index is 699. The zero-order valence-corrected chi connectivity index (χ0v) is 10.3. The highest BCUT2D eigenvalue weighted by Crippen LogP contribution is 2.32. The van der Waals surface area contributed by atoms with Gasteiger partial charge in [0, 0.05) is 6.07 Å². The lowest BCUT2D eigenvalue weighted by Crippen LogP contribution is -2.37. The van der Waals surface area contributed by atoms with Gasteiger partial charge in [0.2, 0.25) is 6.23 Å². The van der Waals surface area contributed by atoms with E-state index in [0.29, 0.717) is 16.9 Å². The number of amides is 1. The molecule has 0 radical (unpaired) electrons. The van der Waals surface area contributed by atoms with Crippen LogP contribution in [0, 0.1) is 10.1 Å². The molecule has 6 nitrogen and oxygen atoms in total. The molecule has 1 amide bonds. The third-order valence-electron chi connectivity index (χ3n) is 3.05.